The molecule has 2 aliphatic heterocycles. The van der Waals surface area contributed by atoms with Gasteiger partial charge in [-0.15, -0.1) is 0 Å². The molecule has 0 aromatic heterocycles. The molecule has 9 atom stereocenters. The fraction of sp³-hybridized carbons (Fsp3) is 0.600. The molecule has 7 nitrogen and oxygen atoms in total. The molecule has 0 radical (unpaired) electrons. The van der Waals surface area contributed by atoms with Crippen molar-refractivity contribution in [2.75, 3.05) is 0 Å². The lowest BCUT2D eigenvalue weighted by Crippen LogP contribution is -2.53. The fourth-order valence-corrected chi connectivity index (χ4v) is 7.69. The average Bonchev–Trinajstić information content (AvgIpc) is 3.09. The van der Waals surface area contributed by atoms with Gasteiger partial charge in [0, 0.05) is 23.0 Å². The highest BCUT2D eigenvalue weighted by atomic mass is 16.6. The third kappa shape index (κ3) is 3.89. The molecule has 1 saturated carbocycles. The molecule has 0 aromatic carbocycles. The van der Waals surface area contributed by atoms with E-state index in [0.717, 1.165) is 5.57 Å². The summed E-state index contributed by atoms with van der Waals surface area (Å²) in [4.78, 5) is 50.7. The van der Waals surface area contributed by atoms with Gasteiger partial charge < -0.3 is 14.6 Å². The Kier molecular flexibility index (Phi) is 6.21. The van der Waals surface area contributed by atoms with Crippen molar-refractivity contribution in [2.45, 2.75) is 77.6 Å². The van der Waals surface area contributed by atoms with Gasteiger partial charge in [-0.3, -0.25) is 14.4 Å². The molecule has 5 rings (SSSR count). The first-order valence-corrected chi connectivity index (χ1v) is 13.3. The Morgan fingerprint density at radius 2 is 1.84 bits per heavy atom. The minimum atomic E-state index is -1.31. The molecule has 2 heterocycles. The zero-order valence-corrected chi connectivity index (χ0v) is 22.0. The molecule has 1 N–H and O–H groups in total. The summed E-state index contributed by atoms with van der Waals surface area (Å²) in [5.41, 5.74) is -0.724. The first kappa shape index (κ1) is 25.8. The molecule has 0 amide bonds. The van der Waals surface area contributed by atoms with Crippen LogP contribution in [0.5, 0.6) is 0 Å². The quantitative estimate of drug-likeness (QED) is 0.456. The summed E-state index contributed by atoms with van der Waals surface area (Å²) >= 11 is 0. The van der Waals surface area contributed by atoms with Crippen molar-refractivity contribution in [3.63, 3.8) is 0 Å². The van der Waals surface area contributed by atoms with E-state index in [-0.39, 0.29) is 59.8 Å². The SMILES string of the molecule is C=C1C(=O)O[C@@H]2C[C@H](C)[C@@]3(O)C=C(C(C)=O)[C@@]4(C[C@@H]3C[C@H]12)C(=O)O[C@@H]1C[C@H](C)C(C=CC(C)=O)=CC[C@@H]14. The Labute approximate surface area is 217 Å². The van der Waals surface area contributed by atoms with Gasteiger partial charge in [0.1, 0.15) is 17.6 Å². The Morgan fingerprint density at radius 1 is 1.11 bits per heavy atom. The highest BCUT2D eigenvalue weighted by Gasteiger charge is 2.66. The number of rotatable bonds is 3. The average molecular weight is 509 g/mol. The topological polar surface area (TPSA) is 107 Å². The van der Waals surface area contributed by atoms with Crippen molar-refractivity contribution in [1.82, 2.24) is 0 Å². The van der Waals surface area contributed by atoms with Crippen molar-refractivity contribution >= 4 is 23.5 Å². The number of hydrogen-bond acceptors (Lipinski definition) is 7. The van der Waals surface area contributed by atoms with Gasteiger partial charge in [-0.05, 0) is 81.4 Å². The number of carbonyl (C=O) groups is 4. The van der Waals surface area contributed by atoms with Crippen molar-refractivity contribution in [1.29, 1.82) is 0 Å². The van der Waals surface area contributed by atoms with Gasteiger partial charge in [0.05, 0.1) is 5.60 Å². The second kappa shape index (κ2) is 8.90. The molecule has 37 heavy (non-hydrogen) atoms. The van der Waals surface area contributed by atoms with E-state index in [4.69, 9.17) is 9.47 Å². The van der Waals surface area contributed by atoms with E-state index >= 15 is 0 Å². The number of aliphatic hydroxyl groups is 1. The number of ketones is 2. The molecule has 0 bridgehead atoms. The number of allylic oxidation sites excluding steroid dienone is 4. The third-order valence-electron chi connectivity index (χ3n) is 9.77. The van der Waals surface area contributed by atoms with Crippen LogP contribution in [-0.4, -0.2) is 46.4 Å². The van der Waals surface area contributed by atoms with Gasteiger partial charge in [-0.25, -0.2) is 4.79 Å². The lowest BCUT2D eigenvalue weighted by atomic mass is 9.54. The number of fused-ring (bicyclic) bond motifs is 4. The van der Waals surface area contributed by atoms with Crippen LogP contribution in [0.25, 0.3) is 0 Å². The second-order valence-corrected chi connectivity index (χ2v) is 11.9. The van der Waals surface area contributed by atoms with Crippen LogP contribution in [0, 0.1) is 35.0 Å². The van der Waals surface area contributed by atoms with Crippen LogP contribution in [0.15, 0.2) is 47.6 Å². The molecular weight excluding hydrogens is 472 g/mol. The van der Waals surface area contributed by atoms with E-state index in [9.17, 15) is 24.3 Å². The van der Waals surface area contributed by atoms with Crippen LogP contribution < -0.4 is 0 Å². The van der Waals surface area contributed by atoms with E-state index in [1.807, 2.05) is 13.0 Å². The number of Topliss-reactive ketones (excluding diaryl/α,β-unsaturated/α-hetero) is 1. The summed E-state index contributed by atoms with van der Waals surface area (Å²) in [5.74, 6) is -2.17. The normalized spacial score (nSPS) is 43.2. The molecule has 0 aromatic rings. The van der Waals surface area contributed by atoms with E-state index in [1.54, 1.807) is 12.2 Å². The molecule has 3 fully saturated rings. The van der Waals surface area contributed by atoms with E-state index < -0.39 is 23.0 Å². The molecule has 5 aliphatic rings. The zero-order valence-electron chi connectivity index (χ0n) is 22.0. The summed E-state index contributed by atoms with van der Waals surface area (Å²) in [7, 11) is 0. The Bertz CT molecular complexity index is 1170. The van der Waals surface area contributed by atoms with E-state index in [2.05, 4.69) is 19.6 Å². The molecule has 198 valence electrons. The molecule has 3 aliphatic carbocycles. The monoisotopic (exact) mass is 508 g/mol. The minimum Gasteiger partial charge on any atom is -0.461 e. The van der Waals surface area contributed by atoms with Crippen LogP contribution in [0.1, 0.15) is 59.8 Å². The second-order valence-electron chi connectivity index (χ2n) is 11.9. The standard InChI is InChI=1S/C30H36O7/c1-15-10-26-23(9-8-20(15)7-6-17(3)31)29(28(34)37-26)13-21-12-22-18(4)27(33)36-25(22)11-16(2)30(21,35)14-24(29)19(5)32/h6-8,14-16,21-23,25-26,35H,4,9-13H2,1-3,5H3/t15-,16-,21-,22+,23-,25+,26+,29-,30-/m0/s1. The highest BCUT2D eigenvalue weighted by molar-refractivity contribution is 6.03. The molecule has 2 saturated heterocycles. The number of esters is 2. The fourth-order valence-electron chi connectivity index (χ4n) is 7.69. The van der Waals surface area contributed by atoms with Crippen molar-refractivity contribution in [3.8, 4) is 0 Å². The zero-order chi connectivity index (χ0) is 26.9. The van der Waals surface area contributed by atoms with Gasteiger partial charge in [-0.2, -0.15) is 0 Å². The number of hydrogen-bond donors (Lipinski definition) is 1. The highest BCUT2D eigenvalue weighted by Crippen LogP contribution is 2.61. The van der Waals surface area contributed by atoms with E-state index in [0.29, 0.717) is 36.8 Å². The van der Waals surface area contributed by atoms with Gasteiger partial charge >= 0.3 is 11.9 Å². The molecule has 7 heteroatoms. The Morgan fingerprint density at radius 3 is 2.51 bits per heavy atom. The largest absolute Gasteiger partial charge is 0.461 e. The summed E-state index contributed by atoms with van der Waals surface area (Å²) < 4.78 is 11.6. The summed E-state index contributed by atoms with van der Waals surface area (Å²) in [5, 5.41) is 12.0. The van der Waals surface area contributed by atoms with Gasteiger partial charge in [0.15, 0.2) is 11.6 Å². The van der Waals surface area contributed by atoms with Crippen molar-refractivity contribution in [3.05, 3.63) is 47.6 Å². The lowest BCUT2D eigenvalue weighted by molar-refractivity contribution is -0.151. The van der Waals surface area contributed by atoms with Crippen LogP contribution in [0.4, 0.5) is 0 Å². The van der Waals surface area contributed by atoms with Gasteiger partial charge in [0.2, 0.25) is 0 Å². The van der Waals surface area contributed by atoms with Crippen LogP contribution in [-0.2, 0) is 28.7 Å². The maximum Gasteiger partial charge on any atom is 0.334 e. The maximum atomic E-state index is 13.8. The van der Waals surface area contributed by atoms with Crippen LogP contribution in [0.2, 0.25) is 0 Å². The first-order chi connectivity index (χ1) is 17.4. The third-order valence-corrected chi connectivity index (χ3v) is 9.77. The molecular formula is C30H36O7. The van der Waals surface area contributed by atoms with Crippen molar-refractivity contribution in [2.24, 2.45) is 35.0 Å². The molecule has 0 unspecified atom stereocenters. The summed E-state index contributed by atoms with van der Waals surface area (Å²) in [6, 6.07) is 0. The van der Waals surface area contributed by atoms with Gasteiger partial charge in [0.25, 0.3) is 0 Å². The predicted molar refractivity (Wildman–Crippen MR) is 135 cm³/mol. The van der Waals surface area contributed by atoms with Crippen LogP contribution in [0.3, 0.4) is 0 Å². The van der Waals surface area contributed by atoms with Crippen molar-refractivity contribution < 1.29 is 33.8 Å². The Balaban J connectivity index is 1.59. The lowest BCUT2D eigenvalue weighted by Gasteiger charge is -2.48. The first-order valence-electron chi connectivity index (χ1n) is 13.3. The molecule has 1 spiro atoms. The van der Waals surface area contributed by atoms with Gasteiger partial charge in [-0.1, -0.05) is 32.6 Å². The van der Waals surface area contributed by atoms with E-state index in [1.165, 1.54) is 13.8 Å². The van der Waals surface area contributed by atoms with Crippen LogP contribution >= 0.6 is 0 Å². The summed E-state index contributed by atoms with van der Waals surface area (Å²) in [6.45, 7) is 10.9. The number of ether oxygens (including phenoxy) is 2. The predicted octanol–water partition coefficient (Wildman–Crippen LogP) is 3.81. The smallest absolute Gasteiger partial charge is 0.334 e. The summed E-state index contributed by atoms with van der Waals surface area (Å²) in [6.07, 6.45) is 8.64. The number of carbonyl (C=O) groups excluding carboxylic acids is 4. The minimum absolute atomic E-state index is 0.0365. The maximum absolute atomic E-state index is 13.8. The Hall–Kier alpha value is -2.80.